The van der Waals surface area contributed by atoms with Crippen molar-refractivity contribution in [1.29, 1.82) is 5.26 Å². The second kappa shape index (κ2) is 4.72. The van der Waals surface area contributed by atoms with Gasteiger partial charge in [0.15, 0.2) is 5.71 Å². The molecule has 0 fully saturated rings. The average Bonchev–Trinajstić information content (AvgIpc) is 2.70. The van der Waals surface area contributed by atoms with Crippen molar-refractivity contribution < 1.29 is 25.9 Å². The van der Waals surface area contributed by atoms with Crippen LogP contribution in [0.3, 0.4) is 0 Å². The molecule has 1 aromatic heterocycles. The van der Waals surface area contributed by atoms with E-state index in [4.69, 9.17) is 5.26 Å². The van der Waals surface area contributed by atoms with E-state index in [-0.39, 0.29) is 4.88 Å². The van der Waals surface area contributed by atoms with Gasteiger partial charge in [-0.15, -0.1) is 11.3 Å². The third-order valence-corrected chi connectivity index (χ3v) is 3.08. The Kier molecular flexibility index (Phi) is 3.74. The van der Waals surface area contributed by atoms with Crippen LogP contribution in [0.2, 0.25) is 0 Å². The van der Waals surface area contributed by atoms with Crippen LogP contribution in [0, 0.1) is 11.3 Å². The van der Waals surface area contributed by atoms with E-state index >= 15 is 0 Å². The summed E-state index contributed by atoms with van der Waals surface area (Å²) >= 11 is 1.00. The fourth-order valence-electron chi connectivity index (χ4n) is 0.662. The van der Waals surface area contributed by atoms with Gasteiger partial charge in [0, 0.05) is 0 Å². The molecule has 0 radical (unpaired) electrons. The van der Waals surface area contributed by atoms with E-state index in [2.05, 4.69) is 9.44 Å². The first-order valence-electron chi connectivity index (χ1n) is 3.80. The minimum absolute atomic E-state index is 0.199. The van der Waals surface area contributed by atoms with E-state index in [1.54, 1.807) is 5.38 Å². The zero-order valence-electron chi connectivity index (χ0n) is 7.80. The fourth-order valence-corrected chi connectivity index (χ4v) is 1.57. The lowest BCUT2D eigenvalue weighted by molar-refractivity contribution is -0.0540. The molecular formula is C7H3F3N2O3S2. The Balaban J connectivity index is 2.96. The average molecular weight is 284 g/mol. The number of hydrogen-bond donors (Lipinski definition) is 0. The Morgan fingerprint density at radius 1 is 1.53 bits per heavy atom. The normalized spacial score (nSPS) is 13.2. The SMILES string of the molecule is N#C/C(=N/OS(=O)(=O)C(F)(F)F)c1cccs1. The standard InChI is InChI=1S/C7H3F3N2O3S2/c8-7(9,10)17(13,14)15-12-5(4-11)6-2-1-3-16-6/h1-3H/b12-5-. The Hall–Kier alpha value is -1.60. The van der Waals surface area contributed by atoms with Gasteiger partial charge in [-0.2, -0.15) is 26.9 Å². The van der Waals surface area contributed by atoms with Crippen molar-refractivity contribution in [1.82, 2.24) is 0 Å². The van der Waals surface area contributed by atoms with E-state index in [1.807, 2.05) is 0 Å². The summed E-state index contributed by atoms with van der Waals surface area (Å²) in [5, 5.41) is 12.8. The van der Waals surface area contributed by atoms with Gasteiger partial charge in [0.25, 0.3) is 0 Å². The van der Waals surface area contributed by atoms with Gasteiger partial charge in [-0.25, -0.2) is 0 Å². The molecule has 0 spiro atoms. The zero-order chi connectivity index (χ0) is 13.1. The van der Waals surface area contributed by atoms with Gasteiger partial charge < -0.3 is 0 Å². The highest BCUT2D eigenvalue weighted by Gasteiger charge is 2.49. The number of halogens is 3. The second-order valence-electron chi connectivity index (χ2n) is 2.50. The lowest BCUT2D eigenvalue weighted by Gasteiger charge is -2.04. The van der Waals surface area contributed by atoms with Crippen molar-refractivity contribution in [3.8, 4) is 6.07 Å². The molecule has 0 bridgehead atoms. The number of oxime groups is 1. The quantitative estimate of drug-likeness (QED) is 0.482. The van der Waals surface area contributed by atoms with Crippen molar-refractivity contribution in [3.63, 3.8) is 0 Å². The van der Waals surface area contributed by atoms with Crippen LogP contribution in [-0.2, 0) is 14.4 Å². The van der Waals surface area contributed by atoms with E-state index < -0.39 is 21.3 Å². The summed E-state index contributed by atoms with van der Waals surface area (Å²) in [4.78, 5) is 0.199. The minimum Gasteiger partial charge on any atom is -0.260 e. The molecule has 0 atom stereocenters. The summed E-state index contributed by atoms with van der Waals surface area (Å²) in [6.45, 7) is 0. The van der Waals surface area contributed by atoms with Gasteiger partial charge in [0.2, 0.25) is 0 Å². The largest absolute Gasteiger partial charge is 0.536 e. The Morgan fingerprint density at radius 3 is 2.59 bits per heavy atom. The molecule has 10 heteroatoms. The molecule has 0 aliphatic rings. The highest BCUT2D eigenvalue weighted by molar-refractivity contribution is 7.87. The third-order valence-electron chi connectivity index (χ3n) is 1.37. The number of nitriles is 1. The van der Waals surface area contributed by atoms with E-state index in [0.717, 1.165) is 11.3 Å². The van der Waals surface area contributed by atoms with Crippen LogP contribution in [0.25, 0.3) is 0 Å². The van der Waals surface area contributed by atoms with Crippen LogP contribution in [0.15, 0.2) is 22.7 Å². The minimum atomic E-state index is -5.83. The second-order valence-corrected chi connectivity index (χ2v) is 4.97. The monoisotopic (exact) mass is 284 g/mol. The molecule has 1 aromatic rings. The van der Waals surface area contributed by atoms with Crippen molar-refractivity contribution >= 4 is 27.2 Å². The first-order chi connectivity index (χ1) is 7.78. The van der Waals surface area contributed by atoms with Crippen molar-refractivity contribution in [2.24, 2.45) is 5.16 Å². The maximum Gasteiger partial charge on any atom is 0.536 e. The summed E-state index contributed by atoms with van der Waals surface area (Å²) in [6, 6.07) is 4.34. The van der Waals surface area contributed by atoms with Crippen LogP contribution in [0.5, 0.6) is 0 Å². The van der Waals surface area contributed by atoms with Crippen LogP contribution >= 0.6 is 11.3 Å². The van der Waals surface area contributed by atoms with E-state index in [1.165, 1.54) is 18.2 Å². The van der Waals surface area contributed by atoms with Gasteiger partial charge in [-0.1, -0.05) is 11.2 Å². The summed E-state index contributed by atoms with van der Waals surface area (Å²) in [6.07, 6.45) is 0. The van der Waals surface area contributed by atoms with Crippen LogP contribution in [0.4, 0.5) is 13.2 Å². The fraction of sp³-hybridized carbons (Fsp3) is 0.143. The molecular weight excluding hydrogens is 281 g/mol. The van der Waals surface area contributed by atoms with E-state index in [9.17, 15) is 21.6 Å². The first kappa shape index (κ1) is 13.5. The molecule has 92 valence electrons. The van der Waals surface area contributed by atoms with E-state index in [0.29, 0.717) is 0 Å². The van der Waals surface area contributed by atoms with Crippen molar-refractivity contribution in [2.45, 2.75) is 5.51 Å². The number of hydrogen-bond acceptors (Lipinski definition) is 6. The van der Waals surface area contributed by atoms with Crippen molar-refractivity contribution in [2.75, 3.05) is 0 Å². The summed E-state index contributed by atoms with van der Waals surface area (Å²) in [7, 11) is -5.83. The highest BCUT2D eigenvalue weighted by Crippen LogP contribution is 2.25. The maximum atomic E-state index is 11.9. The molecule has 1 rings (SSSR count). The molecule has 0 saturated heterocycles. The lowest BCUT2D eigenvalue weighted by atomic mass is 10.3. The van der Waals surface area contributed by atoms with Gasteiger partial charge in [0.1, 0.15) is 6.07 Å². The van der Waals surface area contributed by atoms with Crippen LogP contribution in [-0.4, -0.2) is 19.6 Å². The number of nitrogens with zero attached hydrogens (tertiary/aromatic N) is 2. The molecule has 17 heavy (non-hydrogen) atoms. The summed E-state index contributed by atoms with van der Waals surface area (Å²) in [5.41, 5.74) is -6.13. The lowest BCUT2D eigenvalue weighted by Crippen LogP contribution is -2.24. The molecule has 0 amide bonds. The summed E-state index contributed by atoms with van der Waals surface area (Å²) < 4.78 is 60.0. The maximum absolute atomic E-state index is 11.9. The van der Waals surface area contributed by atoms with Gasteiger partial charge >= 0.3 is 15.6 Å². The smallest absolute Gasteiger partial charge is 0.260 e. The topological polar surface area (TPSA) is 79.5 Å². The predicted octanol–water partition coefficient (Wildman–Crippen LogP) is 1.84. The zero-order valence-corrected chi connectivity index (χ0v) is 9.43. The highest BCUT2D eigenvalue weighted by atomic mass is 32.2. The molecule has 0 aromatic carbocycles. The van der Waals surface area contributed by atoms with Crippen LogP contribution < -0.4 is 0 Å². The van der Waals surface area contributed by atoms with Crippen molar-refractivity contribution in [3.05, 3.63) is 22.4 Å². The molecule has 0 unspecified atom stereocenters. The number of alkyl halides is 3. The van der Waals surface area contributed by atoms with Gasteiger partial charge in [-0.05, 0) is 11.4 Å². The number of rotatable bonds is 3. The summed E-state index contributed by atoms with van der Waals surface area (Å²) in [5.74, 6) is 0. The Morgan fingerprint density at radius 2 is 2.18 bits per heavy atom. The van der Waals surface area contributed by atoms with Gasteiger partial charge in [-0.3, -0.25) is 4.28 Å². The third kappa shape index (κ3) is 3.18. The van der Waals surface area contributed by atoms with Gasteiger partial charge in [0.05, 0.1) is 4.88 Å². The predicted molar refractivity (Wildman–Crippen MR) is 52.5 cm³/mol. The molecule has 0 N–H and O–H groups in total. The van der Waals surface area contributed by atoms with Crippen LogP contribution in [0.1, 0.15) is 4.88 Å². The number of thiophene rings is 1. The molecule has 1 heterocycles. The molecule has 0 aliphatic carbocycles. The Labute approximate surface area is 97.9 Å². The molecule has 0 aliphatic heterocycles. The molecule has 0 saturated carbocycles. The molecule has 5 nitrogen and oxygen atoms in total. The Bertz CT molecular complexity index is 554. The first-order valence-corrected chi connectivity index (χ1v) is 6.08.